The Balaban J connectivity index is 1.06. The van der Waals surface area contributed by atoms with E-state index in [1.54, 1.807) is 0 Å². The van der Waals surface area contributed by atoms with Gasteiger partial charge in [-0.1, -0.05) is 133 Å². The zero-order valence-electron chi connectivity index (χ0n) is 29.2. The van der Waals surface area contributed by atoms with Gasteiger partial charge in [-0.2, -0.15) is 0 Å². The van der Waals surface area contributed by atoms with Gasteiger partial charge >= 0.3 is 0 Å². The van der Waals surface area contributed by atoms with Crippen molar-refractivity contribution in [3.8, 4) is 45.3 Å². The fourth-order valence-electron chi connectivity index (χ4n) is 8.00. The lowest BCUT2D eigenvalue weighted by molar-refractivity contribution is 0.669. The molecule has 0 saturated carbocycles. The maximum atomic E-state index is 6.61. The van der Waals surface area contributed by atoms with Gasteiger partial charge in [0.25, 0.3) is 0 Å². The van der Waals surface area contributed by atoms with Crippen LogP contribution in [0.5, 0.6) is 0 Å². The van der Waals surface area contributed by atoms with Crippen LogP contribution in [-0.2, 0) is 6.42 Å². The van der Waals surface area contributed by atoms with Gasteiger partial charge in [-0.15, -0.1) is 11.3 Å². The van der Waals surface area contributed by atoms with Gasteiger partial charge in [0.15, 0.2) is 17.5 Å². The largest absolute Gasteiger partial charge is 0.456 e. The molecule has 4 nitrogen and oxygen atoms in total. The van der Waals surface area contributed by atoms with Crippen molar-refractivity contribution >= 4 is 65.1 Å². The van der Waals surface area contributed by atoms with Gasteiger partial charge < -0.3 is 4.42 Å². The molecular weight excluding hydrogens is 679 g/mol. The van der Waals surface area contributed by atoms with E-state index in [-0.39, 0.29) is 0 Å². The third-order valence-electron chi connectivity index (χ3n) is 10.7. The van der Waals surface area contributed by atoms with Crippen LogP contribution < -0.4 is 0 Å². The van der Waals surface area contributed by atoms with Gasteiger partial charge in [-0.3, -0.25) is 0 Å². The molecule has 0 amide bonds. The van der Waals surface area contributed by atoms with Crippen molar-refractivity contribution in [1.29, 1.82) is 0 Å². The SMILES string of the molecule is C1=C(c2ccccc2)CCc2ccc(-c3nc(-c4ccccc4)nc(-c4cccc5oc6cc(-c7cccc8c7sc7ccccc78)ccc6c45)n3)cc21. The van der Waals surface area contributed by atoms with Gasteiger partial charge in [0, 0.05) is 47.6 Å². The number of furan rings is 1. The molecule has 5 heteroatoms. The van der Waals surface area contributed by atoms with Crippen LogP contribution >= 0.6 is 11.3 Å². The molecule has 0 atom stereocenters. The first-order valence-corrected chi connectivity index (χ1v) is 19.1. The van der Waals surface area contributed by atoms with Crippen LogP contribution in [0.1, 0.15) is 23.1 Å². The van der Waals surface area contributed by atoms with Crippen molar-refractivity contribution in [2.75, 3.05) is 0 Å². The Morgan fingerprint density at radius 1 is 0.463 bits per heavy atom. The van der Waals surface area contributed by atoms with Gasteiger partial charge in [0.05, 0.1) is 0 Å². The van der Waals surface area contributed by atoms with E-state index >= 15 is 0 Å². The molecule has 0 radical (unpaired) electrons. The summed E-state index contributed by atoms with van der Waals surface area (Å²) < 4.78 is 9.20. The maximum absolute atomic E-state index is 6.61. The molecule has 7 aromatic carbocycles. The summed E-state index contributed by atoms with van der Waals surface area (Å²) in [5, 5.41) is 4.61. The summed E-state index contributed by atoms with van der Waals surface area (Å²) in [6.45, 7) is 0. The number of allylic oxidation sites excluding steroid dienone is 1. The van der Waals surface area contributed by atoms with E-state index < -0.39 is 0 Å². The molecule has 0 N–H and O–H groups in total. The molecule has 0 aliphatic heterocycles. The standard InChI is InChI=1S/C49H31N3OS/c1-3-11-30(12-4-1)33-23-21-31-22-24-35(28-36(31)27-33)48-50-47(32-13-5-2-6-14-32)51-49(52-48)41-18-10-19-42-45(41)40-26-25-34(29-43(40)53-42)37-16-9-17-39-38-15-7-8-20-44(38)54-46(37)39/h1-20,22,24-29H,21,23H2. The summed E-state index contributed by atoms with van der Waals surface area (Å²) in [5.41, 5.74) is 12.0. The van der Waals surface area contributed by atoms with Crippen LogP contribution in [0.2, 0.25) is 0 Å². The number of nitrogens with zero attached hydrogens (tertiary/aromatic N) is 3. The molecule has 11 rings (SSSR count). The maximum Gasteiger partial charge on any atom is 0.164 e. The molecule has 0 unspecified atom stereocenters. The van der Waals surface area contributed by atoms with Crippen molar-refractivity contribution in [1.82, 2.24) is 15.0 Å². The minimum atomic E-state index is 0.615. The molecule has 254 valence electrons. The van der Waals surface area contributed by atoms with E-state index in [1.165, 1.54) is 48.0 Å². The highest BCUT2D eigenvalue weighted by molar-refractivity contribution is 7.26. The van der Waals surface area contributed by atoms with Crippen molar-refractivity contribution in [3.63, 3.8) is 0 Å². The first kappa shape index (κ1) is 30.9. The number of fused-ring (bicyclic) bond motifs is 7. The summed E-state index contributed by atoms with van der Waals surface area (Å²) in [6.07, 6.45) is 4.35. The monoisotopic (exact) mass is 709 g/mol. The third kappa shape index (κ3) is 5.16. The van der Waals surface area contributed by atoms with Crippen molar-refractivity contribution in [2.45, 2.75) is 12.8 Å². The van der Waals surface area contributed by atoms with E-state index in [0.717, 1.165) is 57.0 Å². The van der Waals surface area contributed by atoms with Crippen LogP contribution in [0.4, 0.5) is 0 Å². The topological polar surface area (TPSA) is 51.8 Å². The fourth-order valence-corrected chi connectivity index (χ4v) is 9.24. The Bertz CT molecular complexity index is 3100. The Morgan fingerprint density at radius 2 is 1.17 bits per heavy atom. The number of rotatable bonds is 5. The van der Waals surface area contributed by atoms with Crippen LogP contribution in [0.15, 0.2) is 162 Å². The molecule has 54 heavy (non-hydrogen) atoms. The Labute approximate surface area is 315 Å². The summed E-state index contributed by atoms with van der Waals surface area (Å²) in [5.74, 6) is 1.90. The first-order chi connectivity index (χ1) is 26.7. The van der Waals surface area contributed by atoms with Crippen molar-refractivity contribution in [3.05, 3.63) is 174 Å². The zero-order chi connectivity index (χ0) is 35.6. The molecular formula is C49H31N3OS. The van der Waals surface area contributed by atoms with Gasteiger partial charge in [0.2, 0.25) is 0 Å². The summed E-state index contributed by atoms with van der Waals surface area (Å²) in [4.78, 5) is 15.4. The van der Waals surface area contributed by atoms with E-state index in [4.69, 9.17) is 19.4 Å². The second-order valence-electron chi connectivity index (χ2n) is 13.9. The minimum absolute atomic E-state index is 0.615. The van der Waals surface area contributed by atoms with Crippen LogP contribution in [0, 0.1) is 0 Å². The molecule has 0 saturated heterocycles. The van der Waals surface area contributed by atoms with Crippen LogP contribution in [-0.4, -0.2) is 15.0 Å². The van der Waals surface area contributed by atoms with Crippen LogP contribution in [0.3, 0.4) is 0 Å². The van der Waals surface area contributed by atoms with Crippen molar-refractivity contribution < 1.29 is 4.42 Å². The van der Waals surface area contributed by atoms with Gasteiger partial charge in [-0.05, 0) is 76.6 Å². The number of aryl methyl sites for hydroxylation is 1. The number of benzene rings is 7. The van der Waals surface area contributed by atoms with Gasteiger partial charge in [-0.25, -0.2) is 15.0 Å². The molecule has 0 fully saturated rings. The molecule has 3 heterocycles. The van der Waals surface area contributed by atoms with E-state index in [9.17, 15) is 0 Å². The predicted molar refractivity (Wildman–Crippen MR) is 224 cm³/mol. The lowest BCUT2D eigenvalue weighted by atomic mass is 9.88. The Hall–Kier alpha value is -6.69. The number of hydrogen-bond donors (Lipinski definition) is 0. The van der Waals surface area contributed by atoms with Gasteiger partial charge in [0.1, 0.15) is 11.2 Å². The average Bonchev–Trinajstić information content (AvgIpc) is 3.82. The van der Waals surface area contributed by atoms with Crippen LogP contribution in [0.25, 0.3) is 99.1 Å². The molecule has 3 aromatic heterocycles. The zero-order valence-corrected chi connectivity index (χ0v) is 30.0. The van der Waals surface area contributed by atoms with E-state index in [1.807, 2.05) is 41.7 Å². The second kappa shape index (κ2) is 12.5. The highest BCUT2D eigenvalue weighted by atomic mass is 32.1. The average molecular weight is 710 g/mol. The number of hydrogen-bond acceptors (Lipinski definition) is 5. The Morgan fingerprint density at radius 3 is 2.04 bits per heavy atom. The lowest BCUT2D eigenvalue weighted by Gasteiger charge is -2.18. The lowest BCUT2D eigenvalue weighted by Crippen LogP contribution is -2.02. The minimum Gasteiger partial charge on any atom is -0.456 e. The van der Waals surface area contributed by atoms with Crippen molar-refractivity contribution in [2.24, 2.45) is 0 Å². The smallest absolute Gasteiger partial charge is 0.164 e. The fraction of sp³-hybridized carbons (Fsp3) is 0.0408. The molecule has 0 bridgehead atoms. The first-order valence-electron chi connectivity index (χ1n) is 18.3. The quantitative estimate of drug-likeness (QED) is 0.178. The molecule has 10 aromatic rings. The number of aromatic nitrogens is 3. The Kier molecular flexibility index (Phi) is 7.13. The predicted octanol–water partition coefficient (Wildman–Crippen LogP) is 13.3. The molecule has 1 aliphatic carbocycles. The third-order valence-corrected chi connectivity index (χ3v) is 11.9. The van der Waals surface area contributed by atoms with E-state index in [0.29, 0.717) is 17.5 Å². The molecule has 1 aliphatic rings. The molecule has 0 spiro atoms. The second-order valence-corrected chi connectivity index (χ2v) is 14.9. The summed E-state index contributed by atoms with van der Waals surface area (Å²) in [6, 6.07) is 55.4. The van der Waals surface area contributed by atoms with E-state index in [2.05, 4.69) is 133 Å². The summed E-state index contributed by atoms with van der Waals surface area (Å²) >= 11 is 1.84. The highest BCUT2D eigenvalue weighted by Gasteiger charge is 2.20. The highest BCUT2D eigenvalue weighted by Crippen LogP contribution is 2.43. The number of thiophene rings is 1. The normalized spacial score (nSPS) is 12.8. The summed E-state index contributed by atoms with van der Waals surface area (Å²) in [7, 11) is 0.